The highest BCUT2D eigenvalue weighted by molar-refractivity contribution is 8.00. The molecule has 28 heavy (non-hydrogen) atoms. The van der Waals surface area contributed by atoms with Gasteiger partial charge in [0.15, 0.2) is 0 Å². The van der Waals surface area contributed by atoms with E-state index in [1.54, 1.807) is 0 Å². The number of rotatable bonds is 7. The van der Waals surface area contributed by atoms with Gasteiger partial charge in [-0.15, -0.1) is 11.8 Å². The van der Waals surface area contributed by atoms with Gasteiger partial charge in [0, 0.05) is 23.8 Å². The zero-order valence-electron chi connectivity index (χ0n) is 16.3. The largest absolute Gasteiger partial charge is 0.488 e. The van der Waals surface area contributed by atoms with Crippen molar-refractivity contribution >= 4 is 17.7 Å². The Labute approximate surface area is 171 Å². The molecule has 0 amide bonds. The van der Waals surface area contributed by atoms with Crippen LogP contribution in [0.3, 0.4) is 0 Å². The Morgan fingerprint density at radius 1 is 1.25 bits per heavy atom. The second-order valence-corrected chi connectivity index (χ2v) is 9.45. The van der Waals surface area contributed by atoms with Crippen LogP contribution >= 0.6 is 11.8 Å². The summed E-state index contributed by atoms with van der Waals surface area (Å²) >= 11 is 1.31. The average Bonchev–Trinajstić information content (AvgIpc) is 3.19. The first-order chi connectivity index (χ1) is 13.6. The number of ether oxygens (including phenoxy) is 1. The predicted molar refractivity (Wildman–Crippen MR) is 111 cm³/mol. The van der Waals surface area contributed by atoms with E-state index >= 15 is 0 Å². The lowest BCUT2D eigenvalue weighted by molar-refractivity contribution is -0.133. The molecule has 2 aliphatic carbocycles. The van der Waals surface area contributed by atoms with Crippen LogP contribution in [0.25, 0.3) is 0 Å². The van der Waals surface area contributed by atoms with E-state index in [9.17, 15) is 9.90 Å². The van der Waals surface area contributed by atoms with Crippen molar-refractivity contribution in [3.63, 3.8) is 0 Å². The molecule has 3 aliphatic rings. The number of aliphatic hydroxyl groups is 1. The standard InChI is InChI=1S/C23H30O4S/c24-18-13-19-22(16(18)10-5-4-9-15-7-2-1-3-8-15)17-11-6-12-20(23(17)27-19)28-14-21(25)26/h5-6,10-12,15-16,18-19,22,24H,1-4,7-9,13-14H2,(H,25,26)/b10-5+/t16?,18-,19+,22+/m1/s1. The first-order valence-corrected chi connectivity index (χ1v) is 11.6. The zero-order chi connectivity index (χ0) is 19.5. The molecule has 2 saturated carbocycles. The first kappa shape index (κ1) is 19.8. The third-order valence-corrected chi connectivity index (χ3v) is 7.57. The van der Waals surface area contributed by atoms with Gasteiger partial charge in [-0.25, -0.2) is 0 Å². The van der Waals surface area contributed by atoms with Crippen molar-refractivity contribution in [2.24, 2.45) is 11.8 Å². The van der Waals surface area contributed by atoms with Crippen LogP contribution in [-0.4, -0.2) is 34.1 Å². The number of thioether (sulfide) groups is 1. The number of carbonyl (C=O) groups is 1. The number of allylic oxidation sites excluding steroid dienone is 1. The normalized spacial score (nSPS) is 29.6. The van der Waals surface area contributed by atoms with E-state index in [4.69, 9.17) is 9.84 Å². The number of hydrogen-bond acceptors (Lipinski definition) is 4. The van der Waals surface area contributed by atoms with Crippen molar-refractivity contribution in [1.29, 1.82) is 0 Å². The molecular weight excluding hydrogens is 372 g/mol. The molecule has 4 rings (SSSR count). The zero-order valence-corrected chi connectivity index (χ0v) is 17.1. The molecular formula is C23H30O4S. The van der Waals surface area contributed by atoms with Crippen molar-refractivity contribution in [3.05, 3.63) is 35.9 Å². The summed E-state index contributed by atoms with van der Waals surface area (Å²) in [6.45, 7) is 0. The van der Waals surface area contributed by atoms with Gasteiger partial charge >= 0.3 is 5.97 Å². The molecule has 1 aliphatic heterocycles. The molecule has 1 aromatic rings. The number of aliphatic hydroxyl groups excluding tert-OH is 1. The SMILES string of the molecule is O=C(O)CSc1cccc2c1O[C@H]1C[C@@H](O)C(/C=C/CCC3CCCCC3)[C@@H]21. The van der Waals surface area contributed by atoms with Gasteiger partial charge in [-0.05, 0) is 24.8 Å². The summed E-state index contributed by atoms with van der Waals surface area (Å²) in [6.07, 6.45) is 14.0. The molecule has 4 atom stereocenters. The fraction of sp³-hybridized carbons (Fsp3) is 0.609. The summed E-state index contributed by atoms with van der Waals surface area (Å²) in [4.78, 5) is 11.8. The van der Waals surface area contributed by atoms with Gasteiger partial charge in [0.05, 0.1) is 16.8 Å². The maximum atomic E-state index is 10.9. The number of carboxylic acid groups (broad SMARTS) is 1. The molecule has 2 fully saturated rings. The minimum atomic E-state index is -0.824. The van der Waals surface area contributed by atoms with Crippen molar-refractivity contribution in [2.75, 3.05) is 5.75 Å². The quantitative estimate of drug-likeness (QED) is 0.496. The van der Waals surface area contributed by atoms with Gasteiger partial charge < -0.3 is 14.9 Å². The summed E-state index contributed by atoms with van der Waals surface area (Å²) < 4.78 is 6.19. The van der Waals surface area contributed by atoms with E-state index < -0.39 is 5.97 Å². The average molecular weight is 403 g/mol. The summed E-state index contributed by atoms with van der Waals surface area (Å²) in [5.74, 6) is 1.16. The number of para-hydroxylation sites is 1. The Balaban J connectivity index is 1.43. The first-order valence-electron chi connectivity index (χ1n) is 10.6. The van der Waals surface area contributed by atoms with Gasteiger partial charge in [0.2, 0.25) is 0 Å². The molecule has 4 nitrogen and oxygen atoms in total. The Morgan fingerprint density at radius 2 is 2.07 bits per heavy atom. The molecule has 5 heteroatoms. The van der Waals surface area contributed by atoms with Gasteiger partial charge in [0.25, 0.3) is 0 Å². The fourth-order valence-corrected chi connectivity index (χ4v) is 5.94. The summed E-state index contributed by atoms with van der Waals surface area (Å²) in [6, 6.07) is 5.98. The Hall–Kier alpha value is -1.46. The number of fused-ring (bicyclic) bond motifs is 3. The number of benzene rings is 1. The molecule has 0 radical (unpaired) electrons. The van der Waals surface area contributed by atoms with Crippen molar-refractivity contribution < 1.29 is 19.7 Å². The maximum Gasteiger partial charge on any atom is 0.313 e. The maximum absolute atomic E-state index is 10.9. The topological polar surface area (TPSA) is 66.8 Å². The predicted octanol–water partition coefficient (Wildman–Crippen LogP) is 5.01. The third-order valence-electron chi connectivity index (χ3n) is 6.55. The number of hydrogen-bond donors (Lipinski definition) is 2. The van der Waals surface area contributed by atoms with E-state index in [0.29, 0.717) is 6.42 Å². The van der Waals surface area contributed by atoms with Crippen molar-refractivity contribution in [2.45, 2.75) is 74.4 Å². The fourth-order valence-electron chi connectivity index (χ4n) is 5.19. The van der Waals surface area contributed by atoms with Crippen LogP contribution < -0.4 is 4.74 Å². The second-order valence-electron chi connectivity index (χ2n) is 8.43. The summed E-state index contributed by atoms with van der Waals surface area (Å²) in [7, 11) is 0. The van der Waals surface area contributed by atoms with E-state index in [0.717, 1.165) is 28.5 Å². The second kappa shape index (κ2) is 8.91. The molecule has 152 valence electrons. The van der Waals surface area contributed by atoms with Crippen molar-refractivity contribution in [1.82, 2.24) is 0 Å². The molecule has 0 aromatic heterocycles. The van der Waals surface area contributed by atoms with E-state index in [1.807, 2.05) is 12.1 Å². The van der Waals surface area contributed by atoms with Crippen molar-refractivity contribution in [3.8, 4) is 5.75 Å². The smallest absolute Gasteiger partial charge is 0.313 e. The summed E-state index contributed by atoms with van der Waals surface area (Å²) in [5, 5.41) is 19.6. The van der Waals surface area contributed by atoms with Crippen LogP contribution in [0.4, 0.5) is 0 Å². The minimum absolute atomic E-state index is 0.00966. The Bertz CT molecular complexity index is 725. The van der Waals surface area contributed by atoms with Crippen LogP contribution in [0.5, 0.6) is 5.75 Å². The van der Waals surface area contributed by atoms with Gasteiger partial charge in [-0.2, -0.15) is 0 Å². The molecule has 2 N–H and O–H groups in total. The molecule has 0 spiro atoms. The third kappa shape index (κ3) is 4.25. The van der Waals surface area contributed by atoms with Crippen LogP contribution in [-0.2, 0) is 4.79 Å². The lowest BCUT2D eigenvalue weighted by Gasteiger charge is -2.21. The monoisotopic (exact) mass is 402 g/mol. The highest BCUT2D eigenvalue weighted by atomic mass is 32.2. The van der Waals surface area contributed by atoms with Crippen LogP contribution in [0.2, 0.25) is 0 Å². The highest BCUT2D eigenvalue weighted by Gasteiger charge is 2.48. The van der Waals surface area contributed by atoms with Gasteiger partial charge in [0.1, 0.15) is 11.9 Å². The molecule has 0 bridgehead atoms. The van der Waals surface area contributed by atoms with Gasteiger partial charge in [-0.3, -0.25) is 4.79 Å². The lowest BCUT2D eigenvalue weighted by Crippen LogP contribution is -2.16. The van der Waals surface area contributed by atoms with E-state index in [1.165, 1.54) is 50.3 Å². The molecule has 1 unspecified atom stereocenters. The van der Waals surface area contributed by atoms with Crippen LogP contribution in [0.15, 0.2) is 35.2 Å². The molecule has 1 heterocycles. The Morgan fingerprint density at radius 3 is 2.86 bits per heavy atom. The van der Waals surface area contributed by atoms with E-state index in [-0.39, 0.29) is 29.8 Å². The van der Waals surface area contributed by atoms with Crippen LogP contribution in [0.1, 0.15) is 62.8 Å². The molecule has 0 saturated heterocycles. The van der Waals surface area contributed by atoms with Gasteiger partial charge in [-0.1, -0.05) is 56.4 Å². The number of aliphatic carboxylic acids is 1. The number of carboxylic acids is 1. The van der Waals surface area contributed by atoms with E-state index in [2.05, 4.69) is 18.2 Å². The summed E-state index contributed by atoms with van der Waals surface area (Å²) in [5.41, 5.74) is 1.12. The Kier molecular flexibility index (Phi) is 6.32. The van der Waals surface area contributed by atoms with Crippen LogP contribution in [0, 0.1) is 11.8 Å². The molecule has 1 aromatic carbocycles. The minimum Gasteiger partial charge on any atom is -0.488 e. The lowest BCUT2D eigenvalue weighted by atomic mass is 9.85. The highest BCUT2D eigenvalue weighted by Crippen LogP contribution is 2.53.